The van der Waals surface area contributed by atoms with Crippen molar-refractivity contribution in [1.29, 1.82) is 0 Å². The Morgan fingerprint density at radius 3 is 2.76 bits per heavy atom. The number of ether oxygens (including phenoxy) is 1. The molecule has 0 spiro atoms. The van der Waals surface area contributed by atoms with Crippen molar-refractivity contribution in [2.45, 2.75) is 39.3 Å². The van der Waals surface area contributed by atoms with Crippen molar-refractivity contribution in [3.8, 4) is 11.8 Å². The Kier molecular flexibility index (Phi) is 5.44. The minimum atomic E-state index is -1.01. The zero-order chi connectivity index (χ0) is 12.9. The van der Waals surface area contributed by atoms with Gasteiger partial charge in [0.15, 0.2) is 0 Å². The Bertz CT molecular complexity index is 426. The lowest BCUT2D eigenvalue weighted by atomic mass is 10.4. The highest BCUT2D eigenvalue weighted by Crippen LogP contribution is 2.12. The minimum Gasteiger partial charge on any atom is -0.359 e. The van der Waals surface area contributed by atoms with Gasteiger partial charge in [0.1, 0.15) is 17.0 Å². The van der Waals surface area contributed by atoms with Crippen LogP contribution >= 0.6 is 15.9 Å². The highest BCUT2D eigenvalue weighted by molar-refractivity contribution is 9.10. The Morgan fingerprint density at radius 1 is 1.47 bits per heavy atom. The maximum absolute atomic E-state index is 5.63. The summed E-state index contributed by atoms with van der Waals surface area (Å²) in [6.45, 7) is 10.1. The number of aromatic nitrogens is 2. The van der Waals surface area contributed by atoms with Crippen molar-refractivity contribution < 1.29 is 4.74 Å². The van der Waals surface area contributed by atoms with Crippen LogP contribution in [0, 0.1) is 11.8 Å². The second-order valence-electron chi connectivity index (χ2n) is 5.07. The SMILES string of the molecule is CC#Cc1cc(Br)n(COCC[Si](C)(C)C)n1. The number of nitrogens with zero attached hydrogens (tertiary/aromatic N) is 2. The molecular formula is C12H19BrN2OSi. The lowest BCUT2D eigenvalue weighted by molar-refractivity contribution is 0.0769. The fourth-order valence-corrected chi connectivity index (χ4v) is 2.36. The Hall–Kier alpha value is -0.573. The molecule has 17 heavy (non-hydrogen) atoms. The maximum atomic E-state index is 5.63. The fraction of sp³-hybridized carbons (Fsp3) is 0.583. The predicted octanol–water partition coefficient (Wildman–Crippen LogP) is 3.33. The summed E-state index contributed by atoms with van der Waals surface area (Å²) < 4.78 is 8.31. The van der Waals surface area contributed by atoms with Crippen LogP contribution in [0.1, 0.15) is 12.6 Å². The average Bonchev–Trinajstić information content (AvgIpc) is 2.53. The molecule has 0 N–H and O–H groups in total. The van der Waals surface area contributed by atoms with Crippen LogP contribution in [0.15, 0.2) is 10.7 Å². The van der Waals surface area contributed by atoms with Crippen LogP contribution < -0.4 is 0 Å². The summed E-state index contributed by atoms with van der Waals surface area (Å²) in [6.07, 6.45) is 0. The van der Waals surface area contributed by atoms with Crippen molar-refractivity contribution in [3.63, 3.8) is 0 Å². The van der Waals surface area contributed by atoms with Crippen molar-refractivity contribution in [2.75, 3.05) is 6.61 Å². The van der Waals surface area contributed by atoms with E-state index in [-0.39, 0.29) is 0 Å². The standard InChI is InChI=1S/C12H19BrN2OSi/c1-5-6-11-9-12(13)15(14-11)10-16-7-8-17(2,3)4/h9H,7-8,10H2,1-4H3. The van der Waals surface area contributed by atoms with E-state index in [2.05, 4.69) is 52.5 Å². The van der Waals surface area contributed by atoms with E-state index in [1.54, 1.807) is 11.6 Å². The molecule has 0 aliphatic rings. The lowest BCUT2D eigenvalue weighted by Gasteiger charge is -2.15. The smallest absolute Gasteiger partial charge is 0.140 e. The number of rotatable bonds is 5. The first-order valence-corrected chi connectivity index (χ1v) is 10.2. The van der Waals surface area contributed by atoms with Gasteiger partial charge in [0.05, 0.1) is 0 Å². The predicted molar refractivity (Wildman–Crippen MR) is 76.6 cm³/mol. The molecule has 0 aliphatic heterocycles. The van der Waals surface area contributed by atoms with Crippen molar-refractivity contribution >= 4 is 24.0 Å². The van der Waals surface area contributed by atoms with Crippen LogP contribution in [0.3, 0.4) is 0 Å². The van der Waals surface area contributed by atoms with E-state index in [4.69, 9.17) is 4.74 Å². The molecule has 1 heterocycles. The van der Waals surface area contributed by atoms with E-state index >= 15 is 0 Å². The molecule has 0 atom stereocenters. The lowest BCUT2D eigenvalue weighted by Crippen LogP contribution is -2.22. The van der Waals surface area contributed by atoms with E-state index in [0.717, 1.165) is 16.9 Å². The van der Waals surface area contributed by atoms with Crippen LogP contribution in [-0.4, -0.2) is 24.5 Å². The quantitative estimate of drug-likeness (QED) is 0.473. The molecular weight excluding hydrogens is 296 g/mol. The Balaban J connectivity index is 2.43. The molecule has 0 fully saturated rings. The first kappa shape index (κ1) is 14.5. The molecule has 0 unspecified atom stereocenters. The van der Waals surface area contributed by atoms with E-state index in [0.29, 0.717) is 6.73 Å². The van der Waals surface area contributed by atoms with Crippen LogP contribution in [0.25, 0.3) is 0 Å². The van der Waals surface area contributed by atoms with Gasteiger partial charge in [-0.05, 0) is 34.8 Å². The molecule has 1 aromatic heterocycles. The molecule has 0 bridgehead atoms. The third kappa shape index (κ3) is 5.53. The second-order valence-corrected chi connectivity index (χ2v) is 11.5. The van der Waals surface area contributed by atoms with Gasteiger partial charge >= 0.3 is 0 Å². The molecule has 0 amide bonds. The first-order chi connectivity index (χ1) is 7.92. The molecule has 0 aromatic carbocycles. The van der Waals surface area contributed by atoms with E-state index < -0.39 is 8.07 Å². The third-order valence-corrected chi connectivity index (χ3v) is 4.54. The summed E-state index contributed by atoms with van der Waals surface area (Å²) in [4.78, 5) is 0. The van der Waals surface area contributed by atoms with Gasteiger partial charge in [-0.1, -0.05) is 25.6 Å². The van der Waals surface area contributed by atoms with Gasteiger partial charge in [-0.15, -0.1) is 0 Å². The second kappa shape index (κ2) is 6.38. The first-order valence-electron chi connectivity index (χ1n) is 5.66. The Labute approximate surface area is 113 Å². The molecule has 0 saturated carbocycles. The molecule has 1 aromatic rings. The van der Waals surface area contributed by atoms with Gasteiger partial charge in [-0.25, -0.2) is 4.68 Å². The number of hydrogen-bond acceptors (Lipinski definition) is 2. The summed E-state index contributed by atoms with van der Waals surface area (Å²) in [5.41, 5.74) is 0.771. The molecule has 3 nitrogen and oxygen atoms in total. The van der Waals surface area contributed by atoms with Gasteiger partial charge in [0, 0.05) is 20.7 Å². The zero-order valence-electron chi connectivity index (χ0n) is 10.9. The summed E-state index contributed by atoms with van der Waals surface area (Å²) in [7, 11) is -1.01. The third-order valence-electron chi connectivity index (χ3n) is 2.19. The van der Waals surface area contributed by atoms with Gasteiger partial charge in [-0.3, -0.25) is 0 Å². The molecule has 0 aliphatic carbocycles. The van der Waals surface area contributed by atoms with Crippen molar-refractivity contribution in [2.24, 2.45) is 0 Å². The molecule has 5 heteroatoms. The van der Waals surface area contributed by atoms with Crippen LogP contribution in [0.2, 0.25) is 25.7 Å². The number of hydrogen-bond donors (Lipinski definition) is 0. The molecule has 94 valence electrons. The average molecular weight is 315 g/mol. The monoisotopic (exact) mass is 314 g/mol. The van der Waals surface area contributed by atoms with Gasteiger partial charge in [0.25, 0.3) is 0 Å². The van der Waals surface area contributed by atoms with E-state index in [1.807, 2.05) is 6.07 Å². The number of halogens is 1. The molecule has 1 rings (SSSR count). The summed E-state index contributed by atoms with van der Waals surface area (Å²) in [6, 6.07) is 3.08. The van der Waals surface area contributed by atoms with Crippen molar-refractivity contribution in [3.05, 3.63) is 16.4 Å². The highest BCUT2D eigenvalue weighted by Gasteiger charge is 2.12. The van der Waals surface area contributed by atoms with Gasteiger partial charge in [-0.2, -0.15) is 5.10 Å². The van der Waals surface area contributed by atoms with E-state index in [1.165, 1.54) is 6.04 Å². The van der Waals surface area contributed by atoms with Crippen LogP contribution in [0.5, 0.6) is 0 Å². The summed E-state index contributed by atoms with van der Waals surface area (Å²) in [5, 5.41) is 4.32. The van der Waals surface area contributed by atoms with E-state index in [9.17, 15) is 0 Å². The summed E-state index contributed by atoms with van der Waals surface area (Å²) >= 11 is 3.44. The fourth-order valence-electron chi connectivity index (χ4n) is 1.20. The topological polar surface area (TPSA) is 27.1 Å². The van der Waals surface area contributed by atoms with Crippen molar-refractivity contribution in [1.82, 2.24) is 9.78 Å². The molecule has 0 radical (unpaired) electrons. The molecule has 0 saturated heterocycles. The normalized spacial score (nSPS) is 11.1. The minimum absolute atomic E-state index is 0.483. The summed E-state index contributed by atoms with van der Waals surface area (Å²) in [5.74, 6) is 5.75. The largest absolute Gasteiger partial charge is 0.359 e. The van der Waals surface area contributed by atoms with Gasteiger partial charge in [0.2, 0.25) is 0 Å². The van der Waals surface area contributed by atoms with Gasteiger partial charge < -0.3 is 4.74 Å². The zero-order valence-corrected chi connectivity index (χ0v) is 13.5. The Morgan fingerprint density at radius 2 is 2.18 bits per heavy atom. The van der Waals surface area contributed by atoms with Crippen LogP contribution in [0.4, 0.5) is 0 Å². The maximum Gasteiger partial charge on any atom is 0.140 e. The highest BCUT2D eigenvalue weighted by atomic mass is 79.9. The van der Waals surface area contributed by atoms with Crippen LogP contribution in [-0.2, 0) is 11.5 Å².